The van der Waals surface area contributed by atoms with E-state index in [4.69, 9.17) is 14.6 Å². The number of rotatable bonds is 3. The second-order valence-electron chi connectivity index (χ2n) is 4.46. The molecule has 7 heteroatoms. The van der Waals surface area contributed by atoms with E-state index >= 15 is 0 Å². The Morgan fingerprint density at radius 3 is 2.89 bits per heavy atom. The minimum atomic E-state index is -0.909. The Bertz CT molecular complexity index is 317. The first kappa shape index (κ1) is 13.3. The van der Waals surface area contributed by atoms with Crippen LogP contribution in [0.25, 0.3) is 0 Å². The fourth-order valence-corrected chi connectivity index (χ4v) is 2.18. The fourth-order valence-electron chi connectivity index (χ4n) is 2.18. The molecule has 0 saturated carbocycles. The van der Waals surface area contributed by atoms with Crippen molar-refractivity contribution in [1.82, 2.24) is 10.2 Å². The molecule has 2 saturated heterocycles. The summed E-state index contributed by atoms with van der Waals surface area (Å²) in [6.45, 7) is 2.89. The third kappa shape index (κ3) is 3.41. The Balaban J connectivity index is 1.87. The predicted molar refractivity (Wildman–Crippen MR) is 61.2 cm³/mol. The van der Waals surface area contributed by atoms with Crippen molar-refractivity contribution in [2.24, 2.45) is 0 Å². The van der Waals surface area contributed by atoms with Crippen LogP contribution in [-0.4, -0.2) is 73.5 Å². The van der Waals surface area contributed by atoms with Crippen molar-refractivity contribution in [2.45, 2.75) is 18.6 Å². The van der Waals surface area contributed by atoms with E-state index in [1.807, 2.05) is 0 Å². The van der Waals surface area contributed by atoms with E-state index in [0.29, 0.717) is 39.5 Å². The van der Waals surface area contributed by atoms with Gasteiger partial charge < -0.3 is 24.8 Å². The van der Waals surface area contributed by atoms with Crippen LogP contribution in [-0.2, 0) is 19.1 Å². The Kier molecular flexibility index (Phi) is 4.51. The van der Waals surface area contributed by atoms with Crippen LogP contribution < -0.4 is 5.32 Å². The van der Waals surface area contributed by atoms with E-state index in [2.05, 4.69) is 5.32 Å². The van der Waals surface area contributed by atoms with E-state index in [1.54, 1.807) is 4.90 Å². The maximum atomic E-state index is 12.2. The molecule has 2 atom stereocenters. The molecule has 1 amide bonds. The number of carbonyl (C=O) groups excluding carboxylic acids is 1. The summed E-state index contributed by atoms with van der Waals surface area (Å²) in [7, 11) is 0. The number of morpholine rings is 2. The summed E-state index contributed by atoms with van der Waals surface area (Å²) in [5.41, 5.74) is 0. The monoisotopic (exact) mass is 258 g/mol. The topological polar surface area (TPSA) is 88.1 Å². The lowest BCUT2D eigenvalue weighted by molar-refractivity contribution is -0.150. The van der Waals surface area contributed by atoms with Crippen molar-refractivity contribution in [3.63, 3.8) is 0 Å². The fraction of sp³-hybridized carbons (Fsp3) is 0.818. The quantitative estimate of drug-likeness (QED) is 0.652. The maximum absolute atomic E-state index is 12.2. The summed E-state index contributed by atoms with van der Waals surface area (Å²) in [6, 6.07) is -0.317. The van der Waals surface area contributed by atoms with Crippen LogP contribution in [0, 0.1) is 0 Å². The molecule has 0 aromatic carbocycles. The van der Waals surface area contributed by atoms with Crippen molar-refractivity contribution in [1.29, 1.82) is 0 Å². The Labute approximate surface area is 105 Å². The van der Waals surface area contributed by atoms with Gasteiger partial charge in [0.25, 0.3) is 0 Å². The zero-order chi connectivity index (χ0) is 13.0. The van der Waals surface area contributed by atoms with Gasteiger partial charge in [-0.2, -0.15) is 0 Å². The van der Waals surface area contributed by atoms with Crippen LogP contribution in [0.4, 0.5) is 0 Å². The zero-order valence-corrected chi connectivity index (χ0v) is 10.1. The van der Waals surface area contributed by atoms with Crippen molar-refractivity contribution in [3.8, 4) is 0 Å². The lowest BCUT2D eigenvalue weighted by atomic mass is 10.1. The third-order valence-electron chi connectivity index (χ3n) is 3.07. The molecule has 102 valence electrons. The van der Waals surface area contributed by atoms with Gasteiger partial charge in [-0.25, -0.2) is 0 Å². The van der Waals surface area contributed by atoms with Crippen LogP contribution >= 0.6 is 0 Å². The number of aliphatic carboxylic acids is 1. The highest BCUT2D eigenvalue weighted by molar-refractivity contribution is 5.82. The third-order valence-corrected chi connectivity index (χ3v) is 3.07. The van der Waals surface area contributed by atoms with Gasteiger partial charge in [-0.1, -0.05) is 0 Å². The first-order chi connectivity index (χ1) is 8.66. The van der Waals surface area contributed by atoms with Crippen LogP contribution in [0.1, 0.15) is 6.42 Å². The van der Waals surface area contributed by atoms with E-state index in [-0.39, 0.29) is 18.4 Å². The summed E-state index contributed by atoms with van der Waals surface area (Å²) >= 11 is 0. The molecule has 2 N–H and O–H groups in total. The van der Waals surface area contributed by atoms with Gasteiger partial charge in [-0.3, -0.25) is 9.59 Å². The molecule has 0 bridgehead atoms. The summed E-state index contributed by atoms with van der Waals surface area (Å²) in [4.78, 5) is 24.5. The molecule has 2 fully saturated rings. The molecule has 0 spiro atoms. The first-order valence-corrected chi connectivity index (χ1v) is 6.10. The summed E-state index contributed by atoms with van der Waals surface area (Å²) in [5, 5.41) is 11.8. The Morgan fingerprint density at radius 2 is 2.22 bits per heavy atom. The molecule has 2 heterocycles. The van der Waals surface area contributed by atoms with Gasteiger partial charge in [-0.05, 0) is 0 Å². The number of carboxylic acids is 1. The SMILES string of the molecule is O=C(O)CC1CN(C(=O)C2COCCN2)CCO1. The molecule has 0 radical (unpaired) electrons. The number of carboxylic acid groups (broad SMARTS) is 1. The van der Waals surface area contributed by atoms with Crippen LogP contribution in [0.2, 0.25) is 0 Å². The molecule has 2 unspecified atom stereocenters. The Morgan fingerprint density at radius 1 is 1.39 bits per heavy atom. The van der Waals surface area contributed by atoms with Crippen molar-refractivity contribution in [2.75, 3.05) is 39.5 Å². The molecular weight excluding hydrogens is 240 g/mol. The van der Waals surface area contributed by atoms with Crippen molar-refractivity contribution >= 4 is 11.9 Å². The molecule has 0 aliphatic carbocycles. The van der Waals surface area contributed by atoms with E-state index < -0.39 is 12.1 Å². The van der Waals surface area contributed by atoms with E-state index in [0.717, 1.165) is 0 Å². The smallest absolute Gasteiger partial charge is 0.306 e. The number of hydrogen-bond donors (Lipinski definition) is 2. The average Bonchev–Trinajstić information content (AvgIpc) is 2.38. The van der Waals surface area contributed by atoms with Crippen molar-refractivity contribution < 1.29 is 24.2 Å². The molecule has 7 nitrogen and oxygen atoms in total. The molecule has 0 aromatic heterocycles. The lowest BCUT2D eigenvalue weighted by Crippen LogP contribution is -2.56. The summed E-state index contributed by atoms with van der Waals surface area (Å²) < 4.78 is 10.6. The van der Waals surface area contributed by atoms with Gasteiger partial charge in [-0.15, -0.1) is 0 Å². The van der Waals surface area contributed by atoms with Crippen molar-refractivity contribution in [3.05, 3.63) is 0 Å². The first-order valence-electron chi connectivity index (χ1n) is 6.10. The number of ether oxygens (including phenoxy) is 2. The average molecular weight is 258 g/mol. The standard InChI is InChI=1S/C11H18N2O5/c14-10(15)5-8-6-13(2-4-18-8)11(16)9-7-17-3-1-12-9/h8-9,12H,1-7H2,(H,14,15). The molecule has 2 aliphatic rings. The minimum Gasteiger partial charge on any atom is -0.481 e. The number of hydrogen-bond acceptors (Lipinski definition) is 5. The van der Waals surface area contributed by atoms with E-state index in [9.17, 15) is 9.59 Å². The van der Waals surface area contributed by atoms with Gasteiger partial charge in [0, 0.05) is 19.6 Å². The van der Waals surface area contributed by atoms with Crippen LogP contribution in [0.3, 0.4) is 0 Å². The normalized spacial score (nSPS) is 29.0. The largest absolute Gasteiger partial charge is 0.481 e. The molecular formula is C11H18N2O5. The lowest BCUT2D eigenvalue weighted by Gasteiger charge is -2.35. The van der Waals surface area contributed by atoms with Gasteiger partial charge >= 0.3 is 5.97 Å². The highest BCUT2D eigenvalue weighted by Gasteiger charge is 2.31. The zero-order valence-electron chi connectivity index (χ0n) is 10.1. The molecule has 2 aliphatic heterocycles. The maximum Gasteiger partial charge on any atom is 0.306 e. The van der Waals surface area contributed by atoms with Gasteiger partial charge in [0.2, 0.25) is 5.91 Å². The number of nitrogens with zero attached hydrogens (tertiary/aromatic N) is 1. The second-order valence-corrected chi connectivity index (χ2v) is 4.46. The predicted octanol–water partition coefficient (Wildman–Crippen LogP) is -1.32. The summed E-state index contributed by atoms with van der Waals surface area (Å²) in [5.74, 6) is -0.943. The van der Waals surface area contributed by atoms with E-state index in [1.165, 1.54) is 0 Å². The molecule has 0 aromatic rings. The minimum absolute atomic E-state index is 0.0339. The number of nitrogens with one attached hydrogen (secondary N) is 1. The Hall–Kier alpha value is -1.18. The van der Waals surface area contributed by atoms with Gasteiger partial charge in [0.1, 0.15) is 6.04 Å². The highest BCUT2D eigenvalue weighted by atomic mass is 16.5. The van der Waals surface area contributed by atoms with Gasteiger partial charge in [0.15, 0.2) is 0 Å². The number of amides is 1. The number of carbonyl (C=O) groups is 2. The van der Waals surface area contributed by atoms with Crippen LogP contribution in [0.5, 0.6) is 0 Å². The van der Waals surface area contributed by atoms with Crippen LogP contribution in [0.15, 0.2) is 0 Å². The molecule has 18 heavy (non-hydrogen) atoms. The highest BCUT2D eigenvalue weighted by Crippen LogP contribution is 2.11. The second kappa shape index (κ2) is 6.12. The summed E-state index contributed by atoms with van der Waals surface area (Å²) in [6.07, 6.45) is -0.483. The molecule has 2 rings (SSSR count). The van der Waals surface area contributed by atoms with Gasteiger partial charge in [0.05, 0.1) is 32.3 Å².